The molecule has 0 aliphatic carbocycles. The lowest BCUT2D eigenvalue weighted by Gasteiger charge is -2.06. The lowest BCUT2D eigenvalue weighted by molar-refractivity contribution is -0.123. The number of rotatable bonds is 5. The summed E-state index contributed by atoms with van der Waals surface area (Å²) < 4.78 is 5.36. The molecular formula is C16H15NO3S. The highest BCUT2D eigenvalue weighted by Gasteiger charge is 2.04. The van der Waals surface area contributed by atoms with Crippen molar-refractivity contribution in [1.82, 2.24) is 5.32 Å². The first-order valence-corrected chi connectivity index (χ1v) is 7.22. The summed E-state index contributed by atoms with van der Waals surface area (Å²) in [7, 11) is 0. The minimum absolute atomic E-state index is 0.00738. The van der Waals surface area contributed by atoms with Crippen molar-refractivity contribution in [3.05, 3.63) is 52.2 Å². The van der Waals surface area contributed by atoms with Crippen molar-refractivity contribution < 1.29 is 14.6 Å². The maximum absolute atomic E-state index is 11.7. The van der Waals surface area contributed by atoms with Gasteiger partial charge < -0.3 is 15.2 Å². The second-order valence-electron chi connectivity index (χ2n) is 4.10. The topological polar surface area (TPSA) is 58.6 Å². The van der Waals surface area contributed by atoms with Gasteiger partial charge in [0.2, 0.25) is 0 Å². The Morgan fingerprint density at radius 3 is 2.81 bits per heavy atom. The molecule has 0 atom stereocenters. The van der Waals surface area contributed by atoms with Crippen LogP contribution in [0.3, 0.4) is 0 Å². The summed E-state index contributed by atoms with van der Waals surface area (Å²) in [6, 6.07) is 13.0. The van der Waals surface area contributed by atoms with Gasteiger partial charge in [0.1, 0.15) is 12.4 Å². The van der Waals surface area contributed by atoms with Crippen LogP contribution in [0.2, 0.25) is 0 Å². The number of hydrogen-bond acceptors (Lipinski definition) is 4. The van der Waals surface area contributed by atoms with E-state index in [-0.39, 0.29) is 19.1 Å². The van der Waals surface area contributed by atoms with Gasteiger partial charge in [0.05, 0.1) is 11.4 Å². The van der Waals surface area contributed by atoms with E-state index in [1.165, 1.54) is 11.3 Å². The molecule has 0 aliphatic rings. The lowest BCUT2D eigenvalue weighted by Crippen LogP contribution is -2.28. The summed E-state index contributed by atoms with van der Waals surface area (Å²) >= 11 is 1.49. The van der Waals surface area contributed by atoms with Crippen LogP contribution in [0.15, 0.2) is 42.5 Å². The highest BCUT2D eigenvalue weighted by atomic mass is 32.1. The molecular weight excluding hydrogens is 286 g/mol. The van der Waals surface area contributed by atoms with Gasteiger partial charge in [-0.05, 0) is 24.3 Å². The molecule has 1 aromatic carbocycles. The van der Waals surface area contributed by atoms with E-state index in [1.54, 1.807) is 12.1 Å². The number of carbonyl (C=O) groups is 1. The average molecular weight is 301 g/mol. The van der Waals surface area contributed by atoms with Gasteiger partial charge in [-0.1, -0.05) is 30.0 Å². The van der Waals surface area contributed by atoms with Crippen molar-refractivity contribution in [2.24, 2.45) is 0 Å². The van der Waals surface area contributed by atoms with Crippen molar-refractivity contribution in [2.45, 2.75) is 6.54 Å². The summed E-state index contributed by atoms with van der Waals surface area (Å²) in [5, 5.41) is 11.4. The molecule has 2 rings (SSSR count). The molecule has 0 radical (unpaired) electrons. The molecule has 108 valence electrons. The zero-order valence-electron chi connectivity index (χ0n) is 11.3. The molecule has 1 aromatic heterocycles. The number of nitrogens with one attached hydrogen (secondary N) is 1. The van der Waals surface area contributed by atoms with Gasteiger partial charge >= 0.3 is 0 Å². The van der Waals surface area contributed by atoms with E-state index in [1.807, 2.05) is 30.3 Å². The van der Waals surface area contributed by atoms with Crippen molar-refractivity contribution >= 4 is 17.2 Å². The normalized spacial score (nSPS) is 9.57. The lowest BCUT2D eigenvalue weighted by atomic mass is 10.3. The molecule has 0 saturated carbocycles. The van der Waals surface area contributed by atoms with E-state index in [2.05, 4.69) is 17.2 Å². The number of thiophene rings is 1. The molecule has 1 amide bonds. The second-order valence-corrected chi connectivity index (χ2v) is 5.27. The molecule has 0 aliphatic heterocycles. The Morgan fingerprint density at radius 1 is 1.24 bits per heavy atom. The minimum Gasteiger partial charge on any atom is -0.484 e. The molecule has 2 N–H and O–H groups in total. The fraction of sp³-hybridized carbons (Fsp3) is 0.188. The SMILES string of the molecule is O=C(COc1ccccc1)NCc1ccc(C#CCO)s1. The fourth-order valence-corrected chi connectivity index (χ4v) is 2.39. The maximum Gasteiger partial charge on any atom is 0.258 e. The van der Waals surface area contributed by atoms with E-state index >= 15 is 0 Å². The first-order valence-electron chi connectivity index (χ1n) is 6.41. The van der Waals surface area contributed by atoms with Crippen LogP contribution in [0.5, 0.6) is 5.75 Å². The van der Waals surface area contributed by atoms with E-state index in [0.29, 0.717) is 12.3 Å². The van der Waals surface area contributed by atoms with Gasteiger partial charge in [-0.15, -0.1) is 11.3 Å². The summed E-state index contributed by atoms with van der Waals surface area (Å²) in [6.45, 7) is 0.288. The standard InChI is InChI=1S/C16H15NO3S/c18-10-4-7-14-8-9-15(21-14)11-17-16(19)12-20-13-5-2-1-3-6-13/h1-3,5-6,8-9,18H,10-12H2,(H,17,19). The third-order valence-corrected chi connectivity index (χ3v) is 3.53. The smallest absolute Gasteiger partial charge is 0.258 e. The van der Waals surface area contributed by atoms with Crippen molar-refractivity contribution in [2.75, 3.05) is 13.2 Å². The molecule has 2 aromatic rings. The van der Waals surface area contributed by atoms with Gasteiger partial charge in [0, 0.05) is 4.88 Å². The molecule has 5 heteroatoms. The number of hydrogen-bond donors (Lipinski definition) is 2. The van der Waals surface area contributed by atoms with Crippen LogP contribution in [0.1, 0.15) is 9.75 Å². The summed E-state index contributed by atoms with van der Waals surface area (Å²) in [6.07, 6.45) is 0. The molecule has 0 bridgehead atoms. The Bertz CT molecular complexity index is 640. The molecule has 1 heterocycles. The number of ether oxygens (including phenoxy) is 1. The van der Waals surface area contributed by atoms with Gasteiger partial charge in [0.15, 0.2) is 6.61 Å². The maximum atomic E-state index is 11.7. The predicted octanol–water partition coefficient (Wildman–Crippen LogP) is 1.79. The fourth-order valence-electron chi connectivity index (χ4n) is 1.57. The van der Waals surface area contributed by atoms with E-state index in [0.717, 1.165) is 9.75 Å². The summed E-state index contributed by atoms with van der Waals surface area (Å²) in [5.41, 5.74) is 0. The largest absolute Gasteiger partial charge is 0.484 e. The van der Waals surface area contributed by atoms with Crippen LogP contribution in [0, 0.1) is 11.8 Å². The van der Waals surface area contributed by atoms with Crippen LogP contribution in [-0.4, -0.2) is 24.2 Å². The third-order valence-electron chi connectivity index (χ3n) is 2.53. The number of para-hydroxylation sites is 1. The number of aliphatic hydroxyl groups excluding tert-OH is 1. The highest BCUT2D eigenvalue weighted by molar-refractivity contribution is 7.12. The van der Waals surface area contributed by atoms with Crippen molar-refractivity contribution in [3.63, 3.8) is 0 Å². The molecule has 21 heavy (non-hydrogen) atoms. The van der Waals surface area contributed by atoms with Crippen LogP contribution in [-0.2, 0) is 11.3 Å². The Morgan fingerprint density at radius 2 is 2.05 bits per heavy atom. The highest BCUT2D eigenvalue weighted by Crippen LogP contribution is 2.15. The van der Waals surface area contributed by atoms with E-state index in [9.17, 15) is 4.79 Å². The Hall–Kier alpha value is -2.29. The predicted molar refractivity (Wildman–Crippen MR) is 82.1 cm³/mol. The van der Waals surface area contributed by atoms with E-state index < -0.39 is 0 Å². The first-order chi connectivity index (χ1) is 10.3. The minimum atomic E-state index is -0.171. The Balaban J connectivity index is 1.75. The van der Waals surface area contributed by atoms with Gasteiger partial charge in [-0.3, -0.25) is 4.79 Å². The van der Waals surface area contributed by atoms with Gasteiger partial charge in [-0.25, -0.2) is 0 Å². The summed E-state index contributed by atoms with van der Waals surface area (Å²) in [4.78, 5) is 13.6. The van der Waals surface area contributed by atoms with Crippen molar-refractivity contribution in [3.8, 4) is 17.6 Å². The van der Waals surface area contributed by atoms with Crippen molar-refractivity contribution in [1.29, 1.82) is 0 Å². The van der Waals surface area contributed by atoms with E-state index in [4.69, 9.17) is 9.84 Å². The Labute approximate surface area is 127 Å². The third kappa shape index (κ3) is 5.30. The van der Waals surface area contributed by atoms with Gasteiger partial charge in [-0.2, -0.15) is 0 Å². The van der Waals surface area contributed by atoms with Crippen LogP contribution in [0.25, 0.3) is 0 Å². The second kappa shape index (κ2) is 8.10. The number of carbonyl (C=O) groups excluding carboxylic acids is 1. The number of amides is 1. The monoisotopic (exact) mass is 301 g/mol. The molecule has 0 saturated heterocycles. The molecule has 0 spiro atoms. The zero-order chi connectivity index (χ0) is 14.9. The first kappa shape index (κ1) is 15.1. The molecule has 0 fully saturated rings. The summed E-state index contributed by atoms with van der Waals surface area (Å²) in [5.74, 6) is 5.92. The van der Waals surface area contributed by atoms with Gasteiger partial charge in [0.25, 0.3) is 5.91 Å². The number of benzene rings is 1. The van der Waals surface area contributed by atoms with Crippen LogP contribution >= 0.6 is 11.3 Å². The Kier molecular flexibility index (Phi) is 5.83. The average Bonchev–Trinajstić information content (AvgIpc) is 2.98. The zero-order valence-corrected chi connectivity index (χ0v) is 12.2. The molecule has 4 nitrogen and oxygen atoms in total. The quantitative estimate of drug-likeness (QED) is 0.828. The number of aliphatic hydroxyl groups is 1. The molecule has 0 unspecified atom stereocenters. The van der Waals surface area contributed by atoms with Crippen LogP contribution < -0.4 is 10.1 Å². The van der Waals surface area contributed by atoms with Crippen LogP contribution in [0.4, 0.5) is 0 Å².